The van der Waals surface area contributed by atoms with E-state index in [0.29, 0.717) is 4.90 Å². The second kappa shape index (κ2) is 6.93. The standard InChI is InChI=1S/C14H22N2O2S2/c1-2-14(15)11-5-3-7-13(9-11)20(17,18)16-12-6-4-8-19-10-12/h3,5,7,9,12,14,16H,2,4,6,8,10,15H2,1H3. The van der Waals surface area contributed by atoms with E-state index in [1.165, 1.54) is 0 Å². The van der Waals surface area contributed by atoms with Gasteiger partial charge in [0.2, 0.25) is 10.0 Å². The third-order valence-corrected chi connectivity index (χ3v) is 6.25. The summed E-state index contributed by atoms with van der Waals surface area (Å²) in [5, 5.41) is 0. The zero-order valence-electron chi connectivity index (χ0n) is 11.7. The lowest BCUT2D eigenvalue weighted by Gasteiger charge is -2.22. The molecule has 0 amide bonds. The molecule has 0 bridgehead atoms. The lowest BCUT2D eigenvalue weighted by atomic mass is 10.1. The molecule has 1 aliphatic rings. The van der Waals surface area contributed by atoms with Crippen LogP contribution < -0.4 is 10.5 Å². The van der Waals surface area contributed by atoms with E-state index in [1.54, 1.807) is 30.0 Å². The van der Waals surface area contributed by atoms with Crippen LogP contribution in [0.25, 0.3) is 0 Å². The second-order valence-electron chi connectivity index (χ2n) is 5.12. The molecule has 3 N–H and O–H groups in total. The Morgan fingerprint density at radius 3 is 2.95 bits per heavy atom. The highest BCUT2D eigenvalue weighted by molar-refractivity contribution is 7.99. The maximum atomic E-state index is 12.4. The van der Waals surface area contributed by atoms with Crippen LogP contribution >= 0.6 is 11.8 Å². The minimum Gasteiger partial charge on any atom is -0.324 e. The Morgan fingerprint density at radius 2 is 2.30 bits per heavy atom. The Morgan fingerprint density at radius 1 is 1.50 bits per heavy atom. The van der Waals surface area contributed by atoms with Gasteiger partial charge in [-0.05, 0) is 42.7 Å². The molecule has 1 fully saturated rings. The van der Waals surface area contributed by atoms with E-state index in [9.17, 15) is 8.42 Å². The maximum Gasteiger partial charge on any atom is 0.240 e. The van der Waals surface area contributed by atoms with E-state index >= 15 is 0 Å². The Hall–Kier alpha value is -0.560. The van der Waals surface area contributed by atoms with Gasteiger partial charge in [-0.2, -0.15) is 11.8 Å². The lowest BCUT2D eigenvalue weighted by molar-refractivity contribution is 0.543. The third kappa shape index (κ3) is 3.97. The average molecular weight is 314 g/mol. The molecule has 0 spiro atoms. The average Bonchev–Trinajstić information content (AvgIpc) is 2.47. The maximum absolute atomic E-state index is 12.4. The highest BCUT2D eigenvalue weighted by Crippen LogP contribution is 2.21. The van der Waals surface area contributed by atoms with Crippen LogP contribution in [0.5, 0.6) is 0 Å². The molecule has 2 unspecified atom stereocenters. The number of thioether (sulfide) groups is 1. The van der Waals surface area contributed by atoms with Crippen LogP contribution in [-0.2, 0) is 10.0 Å². The van der Waals surface area contributed by atoms with Crippen molar-refractivity contribution in [1.82, 2.24) is 4.72 Å². The predicted octanol–water partition coefficient (Wildman–Crippen LogP) is 2.27. The fourth-order valence-corrected chi connectivity index (χ4v) is 4.77. The molecule has 1 saturated heterocycles. The minimum atomic E-state index is -3.44. The van der Waals surface area contributed by atoms with Crippen molar-refractivity contribution in [2.75, 3.05) is 11.5 Å². The van der Waals surface area contributed by atoms with Crippen molar-refractivity contribution in [3.63, 3.8) is 0 Å². The van der Waals surface area contributed by atoms with Crippen LogP contribution in [-0.4, -0.2) is 26.0 Å². The molecular weight excluding hydrogens is 292 g/mol. The van der Waals surface area contributed by atoms with Crippen molar-refractivity contribution in [3.05, 3.63) is 29.8 Å². The number of rotatable bonds is 5. The molecule has 1 aliphatic heterocycles. The van der Waals surface area contributed by atoms with Crippen LogP contribution in [0.15, 0.2) is 29.2 Å². The number of sulfonamides is 1. The van der Waals surface area contributed by atoms with E-state index in [-0.39, 0.29) is 12.1 Å². The monoisotopic (exact) mass is 314 g/mol. The van der Waals surface area contributed by atoms with Crippen molar-refractivity contribution in [2.45, 2.75) is 43.2 Å². The van der Waals surface area contributed by atoms with Crippen LogP contribution in [0, 0.1) is 0 Å². The smallest absolute Gasteiger partial charge is 0.240 e. The van der Waals surface area contributed by atoms with Crippen LogP contribution in [0.4, 0.5) is 0 Å². The second-order valence-corrected chi connectivity index (χ2v) is 7.99. The molecule has 1 heterocycles. The molecule has 2 rings (SSSR count). The largest absolute Gasteiger partial charge is 0.324 e. The molecule has 20 heavy (non-hydrogen) atoms. The summed E-state index contributed by atoms with van der Waals surface area (Å²) in [6.45, 7) is 1.99. The summed E-state index contributed by atoms with van der Waals surface area (Å²) in [5.74, 6) is 1.98. The summed E-state index contributed by atoms with van der Waals surface area (Å²) in [7, 11) is -3.44. The summed E-state index contributed by atoms with van der Waals surface area (Å²) < 4.78 is 27.6. The van der Waals surface area contributed by atoms with Crippen LogP contribution in [0.2, 0.25) is 0 Å². The van der Waals surface area contributed by atoms with Crippen LogP contribution in [0.1, 0.15) is 37.8 Å². The van der Waals surface area contributed by atoms with Crippen molar-refractivity contribution >= 4 is 21.8 Å². The SMILES string of the molecule is CCC(N)c1cccc(S(=O)(=O)NC2CCCSC2)c1. The first-order valence-corrected chi connectivity index (χ1v) is 9.62. The van der Waals surface area contributed by atoms with Gasteiger partial charge in [0.1, 0.15) is 0 Å². The Labute approximate surface area is 125 Å². The predicted molar refractivity (Wildman–Crippen MR) is 84.3 cm³/mol. The number of hydrogen-bond acceptors (Lipinski definition) is 4. The summed E-state index contributed by atoms with van der Waals surface area (Å²) in [5.41, 5.74) is 6.84. The van der Waals surface area contributed by atoms with Crippen molar-refractivity contribution in [3.8, 4) is 0 Å². The molecule has 0 aliphatic carbocycles. The van der Waals surface area contributed by atoms with Crippen LogP contribution in [0.3, 0.4) is 0 Å². The molecule has 0 saturated carbocycles. The van der Waals surface area contributed by atoms with Gasteiger partial charge in [0.05, 0.1) is 4.90 Å². The highest BCUT2D eigenvalue weighted by atomic mass is 32.2. The quantitative estimate of drug-likeness (QED) is 0.874. The van der Waals surface area contributed by atoms with Gasteiger partial charge >= 0.3 is 0 Å². The fourth-order valence-electron chi connectivity index (χ4n) is 2.27. The van der Waals surface area contributed by atoms with Gasteiger partial charge in [0.25, 0.3) is 0 Å². The van der Waals surface area contributed by atoms with E-state index < -0.39 is 10.0 Å². The summed E-state index contributed by atoms with van der Waals surface area (Å²) in [6, 6.07) is 6.88. The topological polar surface area (TPSA) is 72.2 Å². The molecule has 0 radical (unpaired) electrons. The van der Waals surface area contributed by atoms with Gasteiger partial charge in [-0.1, -0.05) is 19.1 Å². The zero-order valence-corrected chi connectivity index (χ0v) is 13.3. The van der Waals surface area contributed by atoms with Crippen molar-refractivity contribution in [2.24, 2.45) is 5.73 Å². The first kappa shape index (κ1) is 15.8. The van der Waals surface area contributed by atoms with Gasteiger partial charge in [-0.3, -0.25) is 0 Å². The van der Waals surface area contributed by atoms with Gasteiger partial charge in [0, 0.05) is 17.8 Å². The van der Waals surface area contributed by atoms with Gasteiger partial charge in [-0.15, -0.1) is 0 Å². The molecule has 112 valence electrons. The fraction of sp³-hybridized carbons (Fsp3) is 0.571. The first-order valence-electron chi connectivity index (χ1n) is 6.98. The Kier molecular flexibility index (Phi) is 5.49. The van der Waals surface area contributed by atoms with E-state index in [1.807, 2.05) is 13.0 Å². The van der Waals surface area contributed by atoms with Gasteiger partial charge in [0.15, 0.2) is 0 Å². The summed E-state index contributed by atoms with van der Waals surface area (Å²) in [4.78, 5) is 0.314. The number of hydrogen-bond donors (Lipinski definition) is 2. The molecule has 2 atom stereocenters. The minimum absolute atomic E-state index is 0.0438. The highest BCUT2D eigenvalue weighted by Gasteiger charge is 2.22. The van der Waals surface area contributed by atoms with E-state index in [4.69, 9.17) is 5.73 Å². The van der Waals surface area contributed by atoms with Crippen molar-refractivity contribution in [1.29, 1.82) is 0 Å². The first-order chi connectivity index (χ1) is 9.53. The molecule has 6 heteroatoms. The normalized spacial score (nSPS) is 21.6. The van der Waals surface area contributed by atoms with Gasteiger partial charge < -0.3 is 5.73 Å². The van der Waals surface area contributed by atoms with E-state index in [0.717, 1.165) is 36.3 Å². The van der Waals surface area contributed by atoms with Crippen molar-refractivity contribution < 1.29 is 8.42 Å². The lowest BCUT2D eigenvalue weighted by Crippen LogP contribution is -2.38. The number of benzene rings is 1. The molecule has 1 aromatic rings. The molecule has 0 aromatic heterocycles. The number of nitrogens with two attached hydrogens (primary N) is 1. The summed E-state index contributed by atoms with van der Waals surface area (Å²) in [6.07, 6.45) is 2.77. The Bertz CT molecular complexity index is 540. The third-order valence-electron chi connectivity index (χ3n) is 3.52. The number of nitrogens with one attached hydrogen (secondary N) is 1. The van der Waals surface area contributed by atoms with E-state index in [2.05, 4.69) is 4.72 Å². The molecule has 4 nitrogen and oxygen atoms in total. The molecule has 1 aromatic carbocycles. The van der Waals surface area contributed by atoms with Gasteiger partial charge in [-0.25, -0.2) is 13.1 Å². The summed E-state index contributed by atoms with van der Waals surface area (Å²) >= 11 is 1.80. The molecular formula is C14H22N2O2S2. The Balaban J connectivity index is 2.16. The zero-order chi connectivity index (χ0) is 14.6.